The Morgan fingerprint density at radius 3 is 2.14 bits per heavy atom. The van der Waals surface area contributed by atoms with Crippen molar-refractivity contribution in [2.75, 3.05) is 18.2 Å². The average Bonchev–Trinajstić information content (AvgIpc) is 2.60. The first-order valence-corrected chi connectivity index (χ1v) is 10.4. The maximum Gasteiger partial charge on any atom is 0.303 e. The molecular weight excluding hydrogens is 430 g/mol. The van der Waals surface area contributed by atoms with Gasteiger partial charge in [0.15, 0.2) is 12.2 Å². The number of aliphatic hydroxyl groups excluding tert-OH is 1. The molecule has 0 aromatic rings. The third kappa shape index (κ3) is 8.77. The molecule has 0 bridgehead atoms. The lowest BCUT2D eigenvalue weighted by molar-refractivity contribution is -0.211. The highest BCUT2D eigenvalue weighted by Crippen LogP contribution is 2.33. The minimum atomic E-state index is -1.14. The first kappa shape index (κ1) is 25.5. The summed E-state index contributed by atoms with van der Waals surface area (Å²) in [5, 5.41) is 12.4. The zero-order valence-electron chi connectivity index (χ0n) is 16.6. The first-order valence-electron chi connectivity index (χ1n) is 8.81. The summed E-state index contributed by atoms with van der Waals surface area (Å²) in [7, 11) is 0. The molecule has 0 aliphatic carbocycles. The van der Waals surface area contributed by atoms with Gasteiger partial charge in [0.2, 0.25) is 5.91 Å². The number of esters is 3. The number of alkyl halides is 1. The molecule has 1 amide bonds. The second-order valence-corrected chi connectivity index (χ2v) is 7.80. The Kier molecular flexibility index (Phi) is 10.7. The minimum absolute atomic E-state index is 0.00908. The Morgan fingerprint density at radius 2 is 1.66 bits per heavy atom. The van der Waals surface area contributed by atoms with Crippen LogP contribution < -0.4 is 5.32 Å². The Morgan fingerprint density at radius 1 is 1.07 bits per heavy atom. The molecule has 0 aromatic heterocycles. The molecule has 1 fully saturated rings. The molecule has 1 aliphatic heterocycles. The summed E-state index contributed by atoms with van der Waals surface area (Å²) >= 11 is 6.75. The van der Waals surface area contributed by atoms with Crippen molar-refractivity contribution < 1.29 is 43.2 Å². The van der Waals surface area contributed by atoms with Crippen LogP contribution in [0.1, 0.15) is 27.7 Å². The van der Waals surface area contributed by atoms with Crippen LogP contribution in [-0.4, -0.2) is 83.1 Å². The van der Waals surface area contributed by atoms with E-state index in [1.807, 2.05) is 0 Å². The number of ether oxygens (including phenoxy) is 4. The van der Waals surface area contributed by atoms with Gasteiger partial charge in [-0.05, 0) is 0 Å². The van der Waals surface area contributed by atoms with Gasteiger partial charge in [-0.3, -0.25) is 19.2 Å². The van der Waals surface area contributed by atoms with Crippen molar-refractivity contribution in [2.24, 2.45) is 0 Å². The van der Waals surface area contributed by atoms with Crippen LogP contribution in [0.15, 0.2) is 0 Å². The zero-order chi connectivity index (χ0) is 22.1. The monoisotopic (exact) mass is 455 g/mol. The molecule has 166 valence electrons. The molecule has 10 nitrogen and oxygen atoms in total. The number of hydrogen-bond acceptors (Lipinski definition) is 10. The highest BCUT2D eigenvalue weighted by Gasteiger charge is 2.50. The number of rotatable bonds is 9. The van der Waals surface area contributed by atoms with Crippen molar-refractivity contribution in [3.63, 3.8) is 0 Å². The van der Waals surface area contributed by atoms with Crippen LogP contribution in [0, 0.1) is 0 Å². The third-order valence-corrected chi connectivity index (χ3v) is 5.37. The fraction of sp³-hybridized carbons (Fsp3) is 0.765. The van der Waals surface area contributed by atoms with Crippen LogP contribution in [0.2, 0.25) is 0 Å². The van der Waals surface area contributed by atoms with Gasteiger partial charge in [-0.1, -0.05) is 0 Å². The SMILES string of the molecule is CC(=O)N[C@@H]1[C@@H](OC(C)=O)[C@H](OC(C)=O)[C@H](COC(C)=O)O[C@@H]1SC[C@H](O)CCl. The van der Waals surface area contributed by atoms with Gasteiger partial charge in [0.1, 0.15) is 24.2 Å². The molecule has 1 saturated heterocycles. The summed E-state index contributed by atoms with van der Waals surface area (Å²) < 4.78 is 21.6. The summed E-state index contributed by atoms with van der Waals surface area (Å²) in [6, 6.07) is -0.901. The van der Waals surface area contributed by atoms with E-state index >= 15 is 0 Å². The zero-order valence-corrected chi connectivity index (χ0v) is 18.2. The second-order valence-electron chi connectivity index (χ2n) is 6.36. The molecule has 1 rings (SSSR count). The van der Waals surface area contributed by atoms with Gasteiger partial charge in [0.05, 0.1) is 6.10 Å². The van der Waals surface area contributed by atoms with Crippen LogP contribution in [0.25, 0.3) is 0 Å². The molecule has 6 atom stereocenters. The standard InChI is InChI=1S/C17H26ClNO9S/c1-8(20)19-14-16(27-11(4)23)15(26-10(3)22)13(6-25-9(2)21)28-17(14)29-7-12(24)5-18/h12-17,24H,5-7H2,1-4H3,(H,19,20)/t12-,13+,14-,15-,16-,17-/m1/s1. The normalized spacial score (nSPS) is 27.4. The molecule has 2 N–H and O–H groups in total. The number of carbonyl (C=O) groups is 4. The van der Waals surface area contributed by atoms with Crippen LogP contribution in [0.5, 0.6) is 0 Å². The highest BCUT2D eigenvalue weighted by atomic mass is 35.5. The van der Waals surface area contributed by atoms with Gasteiger partial charge in [0, 0.05) is 39.3 Å². The fourth-order valence-electron chi connectivity index (χ4n) is 2.68. The van der Waals surface area contributed by atoms with E-state index in [0.29, 0.717) is 0 Å². The maximum absolute atomic E-state index is 11.7. The lowest BCUT2D eigenvalue weighted by atomic mass is 9.97. The van der Waals surface area contributed by atoms with E-state index < -0.39 is 59.7 Å². The topological polar surface area (TPSA) is 137 Å². The molecule has 0 aromatic carbocycles. The van der Waals surface area contributed by atoms with E-state index in [4.69, 9.17) is 30.5 Å². The van der Waals surface area contributed by atoms with Gasteiger partial charge >= 0.3 is 17.9 Å². The quantitative estimate of drug-likeness (QED) is 0.277. The summed E-state index contributed by atoms with van der Waals surface area (Å²) in [6.07, 6.45) is -4.06. The summed E-state index contributed by atoms with van der Waals surface area (Å²) in [6.45, 7) is 4.54. The predicted octanol–water partition coefficient (Wildman–Crippen LogP) is -0.0246. The van der Waals surface area contributed by atoms with Crippen molar-refractivity contribution in [1.29, 1.82) is 0 Å². The number of hydrogen-bond donors (Lipinski definition) is 2. The van der Waals surface area contributed by atoms with E-state index in [0.717, 1.165) is 11.8 Å². The van der Waals surface area contributed by atoms with Crippen molar-refractivity contribution in [1.82, 2.24) is 5.32 Å². The molecule has 1 heterocycles. The van der Waals surface area contributed by atoms with E-state index in [-0.39, 0.29) is 18.2 Å². The van der Waals surface area contributed by atoms with Crippen molar-refractivity contribution in [3.05, 3.63) is 0 Å². The van der Waals surface area contributed by atoms with Gasteiger partial charge < -0.3 is 29.4 Å². The Bertz CT molecular complexity index is 605. The Labute approximate surface area is 177 Å². The molecule has 0 saturated carbocycles. The van der Waals surface area contributed by atoms with E-state index in [2.05, 4.69) is 5.32 Å². The second kappa shape index (κ2) is 12.2. The molecule has 1 aliphatic rings. The molecule has 0 radical (unpaired) electrons. The average molecular weight is 456 g/mol. The van der Waals surface area contributed by atoms with Gasteiger partial charge in [0.25, 0.3) is 0 Å². The lowest BCUT2D eigenvalue weighted by Gasteiger charge is -2.45. The van der Waals surface area contributed by atoms with Gasteiger partial charge in [-0.25, -0.2) is 0 Å². The largest absolute Gasteiger partial charge is 0.463 e. The van der Waals surface area contributed by atoms with Crippen molar-refractivity contribution in [3.8, 4) is 0 Å². The van der Waals surface area contributed by atoms with Crippen LogP contribution in [0.4, 0.5) is 0 Å². The van der Waals surface area contributed by atoms with Crippen LogP contribution >= 0.6 is 23.4 Å². The first-order chi connectivity index (χ1) is 13.5. The fourth-order valence-corrected chi connectivity index (χ4v) is 4.10. The van der Waals surface area contributed by atoms with E-state index in [1.54, 1.807) is 0 Å². The minimum Gasteiger partial charge on any atom is -0.463 e. The van der Waals surface area contributed by atoms with E-state index in [1.165, 1.54) is 27.7 Å². The molecule has 29 heavy (non-hydrogen) atoms. The highest BCUT2D eigenvalue weighted by molar-refractivity contribution is 7.99. The smallest absolute Gasteiger partial charge is 0.303 e. The third-order valence-electron chi connectivity index (χ3n) is 3.70. The predicted molar refractivity (Wildman–Crippen MR) is 103 cm³/mol. The van der Waals surface area contributed by atoms with Crippen molar-refractivity contribution >= 4 is 47.2 Å². The Hall–Kier alpha value is -1.56. The lowest BCUT2D eigenvalue weighted by Crippen LogP contribution is -2.65. The van der Waals surface area contributed by atoms with Gasteiger partial charge in [-0.2, -0.15) is 0 Å². The number of nitrogens with one attached hydrogen (secondary N) is 1. The molecular formula is C17H26ClNO9S. The van der Waals surface area contributed by atoms with Crippen LogP contribution in [-0.2, 0) is 38.1 Å². The molecule has 12 heteroatoms. The van der Waals surface area contributed by atoms with Crippen LogP contribution in [0.3, 0.4) is 0 Å². The Balaban J connectivity index is 3.24. The molecule has 0 spiro atoms. The summed E-state index contributed by atoms with van der Waals surface area (Å²) in [4.78, 5) is 46.3. The number of carbonyl (C=O) groups excluding carboxylic acids is 4. The molecule has 0 unspecified atom stereocenters. The number of halogens is 1. The maximum atomic E-state index is 11.7. The summed E-state index contributed by atoms with van der Waals surface area (Å²) in [5.74, 6) is -2.20. The number of aliphatic hydroxyl groups is 1. The number of amides is 1. The van der Waals surface area contributed by atoms with Crippen molar-refractivity contribution in [2.45, 2.75) is 63.6 Å². The van der Waals surface area contributed by atoms with Gasteiger partial charge in [-0.15, -0.1) is 23.4 Å². The van der Waals surface area contributed by atoms with E-state index in [9.17, 15) is 24.3 Å². The summed E-state index contributed by atoms with van der Waals surface area (Å²) in [5.41, 5.74) is -0.812. The number of thioether (sulfide) groups is 1.